The number of ether oxygens (including phenoxy) is 1. The molecule has 0 bridgehead atoms. The van der Waals surface area contributed by atoms with Crippen LogP contribution in [0.25, 0.3) is 22.6 Å². The fraction of sp³-hybridized carbons (Fsp3) is 0.111. The summed E-state index contributed by atoms with van der Waals surface area (Å²) < 4.78 is 34.0. The van der Waals surface area contributed by atoms with E-state index in [0.717, 1.165) is 15.6 Å². The van der Waals surface area contributed by atoms with E-state index in [0.29, 0.717) is 0 Å². The monoisotopic (exact) mass is 625 g/mol. The molecule has 0 fully saturated rings. The summed E-state index contributed by atoms with van der Waals surface area (Å²) in [5.41, 5.74) is -0.0627. The van der Waals surface area contributed by atoms with Crippen molar-refractivity contribution in [3.8, 4) is 0 Å². The first kappa shape index (κ1) is 29.0. The molecule has 4 rings (SSSR count). The molecule has 1 heterocycles. The third-order valence-corrected chi connectivity index (χ3v) is 8.54. The predicted molar refractivity (Wildman–Crippen MR) is 154 cm³/mol. The van der Waals surface area contributed by atoms with Gasteiger partial charge in [-0.15, -0.1) is 0 Å². The van der Waals surface area contributed by atoms with Gasteiger partial charge < -0.3 is 9.84 Å². The number of hydrogen-bond acceptors (Lipinski definition) is 5. The standard InChI is InChI=1S/C27H19Cl4NO6S/c1-3-38-27(35)25-20(13-19(26(33)34)18-9-6-15(28)10-21(18)30)24-22(31)11-16(29)12-23(24)32(25)39(36,37)17-7-4-14(2)5-8-17/h4-13H,3H2,1-2H3,(H,33,34)/b19-13-. The largest absolute Gasteiger partial charge is 0.478 e. The van der Waals surface area contributed by atoms with Crippen molar-refractivity contribution in [2.75, 3.05) is 6.61 Å². The second kappa shape index (κ2) is 11.2. The Morgan fingerprint density at radius 3 is 2.18 bits per heavy atom. The van der Waals surface area contributed by atoms with Crippen LogP contribution in [0, 0.1) is 6.92 Å². The number of carbonyl (C=O) groups is 2. The summed E-state index contributed by atoms with van der Waals surface area (Å²) in [6.45, 7) is 3.26. The van der Waals surface area contributed by atoms with Crippen molar-refractivity contribution in [2.45, 2.75) is 18.7 Å². The average Bonchev–Trinajstić information content (AvgIpc) is 3.18. The summed E-state index contributed by atoms with van der Waals surface area (Å²) in [4.78, 5) is 25.7. The zero-order chi connectivity index (χ0) is 28.6. The number of nitrogens with zero attached hydrogens (tertiary/aromatic N) is 1. The van der Waals surface area contributed by atoms with Crippen LogP contribution < -0.4 is 0 Å². The summed E-state index contributed by atoms with van der Waals surface area (Å²) >= 11 is 25.1. The second-order valence-corrected chi connectivity index (χ2v) is 11.8. The molecule has 0 aliphatic rings. The molecule has 7 nitrogen and oxygen atoms in total. The van der Waals surface area contributed by atoms with Crippen LogP contribution >= 0.6 is 46.4 Å². The molecule has 0 saturated carbocycles. The maximum atomic E-state index is 14.0. The van der Waals surface area contributed by atoms with E-state index in [2.05, 4.69) is 0 Å². The van der Waals surface area contributed by atoms with E-state index >= 15 is 0 Å². The summed E-state index contributed by atoms with van der Waals surface area (Å²) in [6, 6.07) is 12.9. The summed E-state index contributed by atoms with van der Waals surface area (Å²) in [7, 11) is -4.45. The smallest absolute Gasteiger partial charge is 0.356 e. The Labute approximate surface area is 244 Å². The number of aryl methyl sites for hydroxylation is 1. The molecule has 0 spiro atoms. The third-order valence-electron chi connectivity index (χ3n) is 5.75. The highest BCUT2D eigenvalue weighted by Crippen LogP contribution is 2.40. The van der Waals surface area contributed by atoms with Gasteiger partial charge in [0.25, 0.3) is 10.0 Å². The molecule has 1 aromatic heterocycles. The van der Waals surface area contributed by atoms with Gasteiger partial charge in [-0.3, -0.25) is 0 Å². The van der Waals surface area contributed by atoms with Crippen molar-refractivity contribution in [3.05, 3.63) is 97.1 Å². The molecule has 202 valence electrons. The van der Waals surface area contributed by atoms with Crippen LogP contribution in [-0.4, -0.2) is 36.0 Å². The zero-order valence-corrected chi connectivity index (χ0v) is 24.2. The predicted octanol–water partition coefficient (Wildman–Crippen LogP) is 7.60. The highest BCUT2D eigenvalue weighted by molar-refractivity contribution is 7.90. The number of halogens is 4. The number of rotatable bonds is 7. The highest BCUT2D eigenvalue weighted by Gasteiger charge is 2.33. The Kier molecular flexibility index (Phi) is 8.35. The van der Waals surface area contributed by atoms with Crippen LogP contribution in [0.5, 0.6) is 0 Å². The third kappa shape index (κ3) is 5.53. The molecule has 0 amide bonds. The minimum absolute atomic E-state index is 0.0147. The minimum Gasteiger partial charge on any atom is -0.478 e. The van der Waals surface area contributed by atoms with Gasteiger partial charge in [-0.2, -0.15) is 0 Å². The number of hydrogen-bond donors (Lipinski definition) is 1. The summed E-state index contributed by atoms with van der Waals surface area (Å²) in [5.74, 6) is -2.42. The Balaban J connectivity index is 2.20. The summed E-state index contributed by atoms with van der Waals surface area (Å²) in [6.07, 6.45) is 1.13. The van der Waals surface area contributed by atoms with Crippen LogP contribution in [0.15, 0.2) is 59.5 Å². The van der Waals surface area contributed by atoms with Crippen LogP contribution in [0.1, 0.15) is 34.1 Å². The van der Waals surface area contributed by atoms with Crippen molar-refractivity contribution in [1.82, 2.24) is 3.97 Å². The normalized spacial score (nSPS) is 12.1. The van der Waals surface area contributed by atoms with E-state index in [-0.39, 0.29) is 59.2 Å². The van der Waals surface area contributed by atoms with Crippen LogP contribution in [0.3, 0.4) is 0 Å². The maximum Gasteiger partial charge on any atom is 0.356 e. The Morgan fingerprint density at radius 1 is 0.949 bits per heavy atom. The number of esters is 1. The van der Waals surface area contributed by atoms with Crippen LogP contribution in [-0.2, 0) is 19.6 Å². The molecule has 0 aliphatic heterocycles. The molecular formula is C27H19Cl4NO6S. The highest BCUT2D eigenvalue weighted by atomic mass is 35.5. The van der Waals surface area contributed by atoms with Gasteiger partial charge in [0.05, 0.1) is 32.6 Å². The molecule has 0 saturated heterocycles. The van der Waals surface area contributed by atoms with E-state index in [1.807, 2.05) is 0 Å². The van der Waals surface area contributed by atoms with Gasteiger partial charge in [-0.25, -0.2) is 22.0 Å². The van der Waals surface area contributed by atoms with E-state index < -0.39 is 27.7 Å². The van der Waals surface area contributed by atoms with Crippen molar-refractivity contribution >= 4 is 90.9 Å². The minimum atomic E-state index is -4.45. The number of aliphatic carboxylic acids is 1. The first-order valence-electron chi connectivity index (χ1n) is 11.3. The van der Waals surface area contributed by atoms with Gasteiger partial charge in [-0.1, -0.05) is 70.2 Å². The zero-order valence-electron chi connectivity index (χ0n) is 20.3. The van der Waals surface area contributed by atoms with Crippen molar-refractivity contribution < 1.29 is 27.9 Å². The topological polar surface area (TPSA) is 103 Å². The SMILES string of the molecule is CCOC(=O)c1c(/C=C(\C(=O)O)c2ccc(Cl)cc2Cl)c2c(Cl)cc(Cl)cc2n1S(=O)(=O)c1ccc(C)cc1. The fourth-order valence-electron chi connectivity index (χ4n) is 4.04. The molecule has 1 N–H and O–H groups in total. The Bertz CT molecular complexity index is 1780. The lowest BCUT2D eigenvalue weighted by atomic mass is 10.0. The lowest BCUT2D eigenvalue weighted by Crippen LogP contribution is -2.20. The van der Waals surface area contributed by atoms with Gasteiger partial charge in [0.15, 0.2) is 5.69 Å². The number of benzene rings is 3. The maximum absolute atomic E-state index is 14.0. The number of fused-ring (bicyclic) bond motifs is 1. The first-order valence-corrected chi connectivity index (χ1v) is 14.2. The number of carboxylic acids is 1. The van der Waals surface area contributed by atoms with Gasteiger partial charge in [0.2, 0.25) is 0 Å². The molecule has 4 aromatic rings. The van der Waals surface area contributed by atoms with Gasteiger partial charge >= 0.3 is 11.9 Å². The van der Waals surface area contributed by atoms with E-state index in [1.165, 1.54) is 42.5 Å². The van der Waals surface area contributed by atoms with Gasteiger partial charge in [0.1, 0.15) is 0 Å². The van der Waals surface area contributed by atoms with Crippen molar-refractivity contribution in [1.29, 1.82) is 0 Å². The average molecular weight is 627 g/mol. The molecular weight excluding hydrogens is 608 g/mol. The number of carbonyl (C=O) groups excluding carboxylic acids is 1. The Morgan fingerprint density at radius 2 is 1.59 bits per heavy atom. The van der Waals surface area contributed by atoms with Crippen molar-refractivity contribution in [3.63, 3.8) is 0 Å². The molecule has 0 atom stereocenters. The quantitative estimate of drug-likeness (QED) is 0.167. The van der Waals surface area contributed by atoms with E-state index in [4.69, 9.17) is 51.1 Å². The molecule has 0 radical (unpaired) electrons. The van der Waals surface area contributed by atoms with Gasteiger partial charge in [-0.05, 0) is 56.3 Å². The van der Waals surface area contributed by atoms with E-state index in [1.54, 1.807) is 26.0 Å². The van der Waals surface area contributed by atoms with Crippen LogP contribution in [0.2, 0.25) is 20.1 Å². The van der Waals surface area contributed by atoms with Crippen molar-refractivity contribution in [2.24, 2.45) is 0 Å². The van der Waals surface area contributed by atoms with E-state index in [9.17, 15) is 23.1 Å². The number of carboxylic acid groups (broad SMARTS) is 1. The molecule has 39 heavy (non-hydrogen) atoms. The lowest BCUT2D eigenvalue weighted by Gasteiger charge is -2.13. The molecule has 3 aromatic carbocycles. The Hall–Kier alpha value is -3.01. The lowest BCUT2D eigenvalue weighted by molar-refractivity contribution is -0.130. The first-order chi connectivity index (χ1) is 18.4. The number of aromatic nitrogens is 1. The van der Waals surface area contributed by atoms with Gasteiger partial charge in [0, 0.05) is 26.6 Å². The van der Waals surface area contributed by atoms with Crippen LogP contribution in [0.4, 0.5) is 0 Å². The second-order valence-electron chi connectivity index (χ2n) is 8.33. The fourth-order valence-corrected chi connectivity index (χ4v) is 6.64. The molecule has 0 aliphatic carbocycles. The summed E-state index contributed by atoms with van der Waals surface area (Å²) in [5, 5.41) is 10.6. The molecule has 0 unspecified atom stereocenters. The molecule has 12 heteroatoms.